The van der Waals surface area contributed by atoms with Crippen LogP contribution in [0.3, 0.4) is 0 Å². The van der Waals surface area contributed by atoms with E-state index in [1.54, 1.807) is 13.8 Å². The minimum atomic E-state index is -0.565. The number of ether oxygens (including phenoxy) is 1. The molecule has 0 N–H and O–H groups in total. The van der Waals surface area contributed by atoms with Crippen molar-refractivity contribution < 1.29 is 14.1 Å². The van der Waals surface area contributed by atoms with Crippen LogP contribution in [-0.4, -0.2) is 20.8 Å². The number of benzene rings is 1. The first kappa shape index (κ1) is 13.0. The van der Waals surface area contributed by atoms with Crippen LogP contribution < -0.4 is 4.74 Å². The maximum absolute atomic E-state index is 12.9. The van der Waals surface area contributed by atoms with Gasteiger partial charge in [-0.2, -0.15) is 9.78 Å². The lowest BCUT2D eigenvalue weighted by molar-refractivity contribution is -0.386. The Balaban J connectivity index is 2.50. The number of halogens is 1. The van der Waals surface area contributed by atoms with Crippen molar-refractivity contribution in [2.24, 2.45) is 0 Å². The first-order chi connectivity index (χ1) is 8.99. The van der Waals surface area contributed by atoms with Crippen molar-refractivity contribution in [1.29, 1.82) is 0 Å². The molecule has 7 heteroatoms. The molecule has 0 amide bonds. The summed E-state index contributed by atoms with van der Waals surface area (Å²) in [5.41, 5.74) is 0.267. The van der Waals surface area contributed by atoms with Gasteiger partial charge in [0.25, 0.3) is 5.88 Å². The minimum absolute atomic E-state index is 0.0339. The van der Waals surface area contributed by atoms with E-state index in [1.807, 2.05) is 0 Å². The molecule has 0 saturated heterocycles. The molecule has 0 aliphatic heterocycles. The van der Waals surface area contributed by atoms with Crippen LogP contribution in [0.5, 0.6) is 5.88 Å². The number of hydrogen-bond donors (Lipinski definition) is 0. The molecular formula is C12H12FN3O3. The SMILES string of the molecule is CC(C)Oc1c([N+](=O)[O-])cnn1-c1ccc(F)cc1. The molecule has 1 aromatic carbocycles. The van der Waals surface area contributed by atoms with Crippen LogP contribution in [0.4, 0.5) is 10.1 Å². The minimum Gasteiger partial charge on any atom is -0.470 e. The van der Waals surface area contributed by atoms with E-state index in [2.05, 4.69) is 5.10 Å². The Kier molecular flexibility index (Phi) is 3.46. The lowest BCUT2D eigenvalue weighted by Gasteiger charge is -2.11. The van der Waals surface area contributed by atoms with Crippen LogP contribution in [0.25, 0.3) is 5.69 Å². The van der Waals surface area contributed by atoms with Gasteiger partial charge in [-0.25, -0.2) is 4.39 Å². The van der Waals surface area contributed by atoms with Gasteiger partial charge in [0.2, 0.25) is 0 Å². The van der Waals surface area contributed by atoms with E-state index in [-0.39, 0.29) is 17.7 Å². The number of nitrogens with zero attached hydrogens (tertiary/aromatic N) is 3. The van der Waals surface area contributed by atoms with Crippen molar-refractivity contribution in [3.63, 3.8) is 0 Å². The molecule has 0 spiro atoms. The fourth-order valence-electron chi connectivity index (χ4n) is 1.55. The van der Waals surface area contributed by atoms with Gasteiger partial charge in [-0.3, -0.25) is 10.1 Å². The fourth-order valence-corrected chi connectivity index (χ4v) is 1.55. The van der Waals surface area contributed by atoms with Crippen LogP contribution >= 0.6 is 0 Å². The van der Waals surface area contributed by atoms with Crippen LogP contribution in [0, 0.1) is 15.9 Å². The van der Waals surface area contributed by atoms with Gasteiger partial charge in [-0.1, -0.05) is 0 Å². The van der Waals surface area contributed by atoms with E-state index >= 15 is 0 Å². The van der Waals surface area contributed by atoms with Gasteiger partial charge in [0.05, 0.1) is 16.7 Å². The molecule has 2 aromatic rings. The summed E-state index contributed by atoms with van der Waals surface area (Å²) in [6, 6.07) is 5.45. The quantitative estimate of drug-likeness (QED) is 0.629. The molecule has 0 aliphatic rings. The van der Waals surface area contributed by atoms with Crippen molar-refractivity contribution >= 4 is 5.69 Å². The molecular weight excluding hydrogens is 253 g/mol. The molecule has 0 unspecified atom stereocenters. The monoisotopic (exact) mass is 265 g/mol. The van der Waals surface area contributed by atoms with E-state index in [0.29, 0.717) is 5.69 Å². The number of aromatic nitrogens is 2. The van der Waals surface area contributed by atoms with Crippen LogP contribution in [-0.2, 0) is 0 Å². The summed E-state index contributed by atoms with van der Waals surface area (Å²) in [4.78, 5) is 10.3. The third-order valence-corrected chi connectivity index (χ3v) is 2.32. The summed E-state index contributed by atoms with van der Waals surface area (Å²) < 4.78 is 19.6. The molecule has 0 bridgehead atoms. The largest absolute Gasteiger partial charge is 0.470 e. The molecule has 6 nitrogen and oxygen atoms in total. The standard InChI is InChI=1S/C12H12FN3O3/c1-8(2)19-12-11(16(17)18)7-14-15(12)10-5-3-9(13)4-6-10/h3-8H,1-2H3. The Hall–Kier alpha value is -2.44. The first-order valence-corrected chi connectivity index (χ1v) is 5.64. The summed E-state index contributed by atoms with van der Waals surface area (Å²) in [6.07, 6.45) is 0.871. The Labute approximate surface area is 108 Å². The van der Waals surface area contributed by atoms with Gasteiger partial charge in [0.15, 0.2) is 0 Å². The zero-order valence-corrected chi connectivity index (χ0v) is 10.4. The average molecular weight is 265 g/mol. The molecule has 19 heavy (non-hydrogen) atoms. The molecule has 1 aromatic heterocycles. The Morgan fingerprint density at radius 3 is 2.53 bits per heavy atom. The van der Waals surface area contributed by atoms with E-state index in [0.717, 1.165) is 6.20 Å². The second-order valence-corrected chi connectivity index (χ2v) is 4.15. The maximum Gasteiger partial charge on any atom is 0.350 e. The average Bonchev–Trinajstić information content (AvgIpc) is 2.73. The topological polar surface area (TPSA) is 70.2 Å². The van der Waals surface area contributed by atoms with Gasteiger partial charge >= 0.3 is 5.69 Å². The zero-order valence-electron chi connectivity index (χ0n) is 10.4. The van der Waals surface area contributed by atoms with Crippen molar-refractivity contribution in [3.05, 3.63) is 46.4 Å². The molecule has 0 aliphatic carbocycles. The highest BCUT2D eigenvalue weighted by Crippen LogP contribution is 2.30. The Morgan fingerprint density at radius 1 is 1.37 bits per heavy atom. The molecule has 0 radical (unpaired) electrons. The third-order valence-electron chi connectivity index (χ3n) is 2.32. The number of hydrogen-bond acceptors (Lipinski definition) is 4. The highest BCUT2D eigenvalue weighted by atomic mass is 19.1. The predicted octanol–water partition coefficient (Wildman–Crippen LogP) is 2.71. The molecule has 2 rings (SSSR count). The third kappa shape index (κ3) is 2.70. The summed E-state index contributed by atoms with van der Waals surface area (Å²) in [6.45, 7) is 3.51. The first-order valence-electron chi connectivity index (χ1n) is 5.64. The lowest BCUT2D eigenvalue weighted by Crippen LogP contribution is -2.11. The Bertz CT molecular complexity index is 593. The van der Waals surface area contributed by atoms with Crippen LogP contribution in [0.15, 0.2) is 30.5 Å². The van der Waals surface area contributed by atoms with Crippen molar-refractivity contribution in [3.8, 4) is 11.6 Å². The lowest BCUT2D eigenvalue weighted by atomic mass is 10.3. The second kappa shape index (κ2) is 5.05. The van der Waals surface area contributed by atoms with Gasteiger partial charge in [-0.05, 0) is 38.1 Å². The summed E-state index contributed by atoms with van der Waals surface area (Å²) in [5, 5.41) is 14.8. The highest BCUT2D eigenvalue weighted by Gasteiger charge is 2.24. The summed E-state index contributed by atoms with van der Waals surface area (Å²) in [7, 11) is 0. The van der Waals surface area contributed by atoms with Gasteiger partial charge in [0.1, 0.15) is 12.0 Å². The van der Waals surface area contributed by atoms with Crippen molar-refractivity contribution in [2.75, 3.05) is 0 Å². The molecule has 100 valence electrons. The smallest absolute Gasteiger partial charge is 0.350 e. The highest BCUT2D eigenvalue weighted by molar-refractivity contribution is 5.46. The molecule has 1 heterocycles. The number of nitro groups is 1. The van der Waals surface area contributed by atoms with E-state index in [9.17, 15) is 14.5 Å². The maximum atomic E-state index is 12.9. The predicted molar refractivity (Wildman–Crippen MR) is 65.9 cm³/mol. The van der Waals surface area contributed by atoms with Gasteiger partial charge in [-0.15, -0.1) is 0 Å². The van der Waals surface area contributed by atoms with Crippen molar-refractivity contribution in [1.82, 2.24) is 9.78 Å². The van der Waals surface area contributed by atoms with E-state index in [1.165, 1.54) is 28.9 Å². The fraction of sp³-hybridized carbons (Fsp3) is 0.250. The number of rotatable bonds is 4. The van der Waals surface area contributed by atoms with Crippen LogP contribution in [0.1, 0.15) is 13.8 Å². The molecule has 0 saturated carbocycles. The van der Waals surface area contributed by atoms with Gasteiger partial charge in [0, 0.05) is 0 Å². The molecule has 0 fully saturated rings. The summed E-state index contributed by atoms with van der Waals surface area (Å²) >= 11 is 0. The van der Waals surface area contributed by atoms with E-state index in [4.69, 9.17) is 4.74 Å². The normalized spacial score (nSPS) is 10.7. The second-order valence-electron chi connectivity index (χ2n) is 4.15. The Morgan fingerprint density at radius 2 is 2.00 bits per heavy atom. The molecule has 0 atom stereocenters. The zero-order chi connectivity index (χ0) is 14.0. The van der Waals surface area contributed by atoms with Gasteiger partial charge < -0.3 is 4.74 Å². The van der Waals surface area contributed by atoms with E-state index < -0.39 is 10.7 Å². The van der Waals surface area contributed by atoms with Crippen molar-refractivity contribution in [2.45, 2.75) is 20.0 Å². The van der Waals surface area contributed by atoms with Crippen LogP contribution in [0.2, 0.25) is 0 Å². The summed E-state index contributed by atoms with van der Waals surface area (Å²) in [5.74, 6) is -0.358.